The summed E-state index contributed by atoms with van der Waals surface area (Å²) in [5.41, 5.74) is 5.22. The first-order chi connectivity index (χ1) is 14.8. The minimum absolute atomic E-state index is 0.456. The van der Waals surface area contributed by atoms with E-state index in [4.69, 9.17) is 0 Å². The van der Waals surface area contributed by atoms with Crippen molar-refractivity contribution in [3.05, 3.63) is 53.6 Å². The molecular formula is C29H42O. The Balaban J connectivity index is 1.66. The van der Waals surface area contributed by atoms with Crippen molar-refractivity contribution in [1.82, 2.24) is 0 Å². The fourth-order valence-corrected chi connectivity index (χ4v) is 5.26. The quantitative estimate of drug-likeness (QED) is 0.348. The van der Waals surface area contributed by atoms with Crippen molar-refractivity contribution in [2.24, 2.45) is 0 Å². The molecule has 164 valence electrons. The van der Waals surface area contributed by atoms with Crippen LogP contribution in [0.5, 0.6) is 5.75 Å². The molecule has 0 radical (unpaired) electrons. The van der Waals surface area contributed by atoms with Crippen LogP contribution in [0, 0.1) is 0 Å². The Kier molecular flexibility index (Phi) is 9.80. The molecule has 0 unspecified atom stereocenters. The molecule has 0 heterocycles. The molecule has 0 aromatic heterocycles. The first-order valence-electron chi connectivity index (χ1n) is 12.7. The first-order valence-corrected chi connectivity index (χ1v) is 12.7. The van der Waals surface area contributed by atoms with E-state index in [1.807, 2.05) is 6.07 Å². The van der Waals surface area contributed by atoms with Gasteiger partial charge in [-0.2, -0.15) is 0 Å². The van der Waals surface area contributed by atoms with Crippen molar-refractivity contribution < 1.29 is 5.11 Å². The summed E-state index contributed by atoms with van der Waals surface area (Å²) < 4.78 is 0. The van der Waals surface area contributed by atoms with E-state index in [-0.39, 0.29) is 0 Å². The third-order valence-electron chi connectivity index (χ3n) is 6.94. The average molecular weight is 407 g/mol. The topological polar surface area (TPSA) is 20.2 Å². The third-order valence-corrected chi connectivity index (χ3v) is 6.94. The maximum Gasteiger partial charge on any atom is 0.123 e. The minimum atomic E-state index is 0.456. The Bertz CT molecular complexity index is 728. The number of hydrogen-bond acceptors (Lipinski definition) is 1. The van der Waals surface area contributed by atoms with Gasteiger partial charge >= 0.3 is 0 Å². The van der Waals surface area contributed by atoms with Crippen molar-refractivity contribution in [2.75, 3.05) is 0 Å². The molecule has 2 aromatic rings. The lowest BCUT2D eigenvalue weighted by Gasteiger charge is -2.28. The van der Waals surface area contributed by atoms with Crippen LogP contribution in [-0.2, 0) is 6.42 Å². The zero-order chi connectivity index (χ0) is 21.0. The maximum absolute atomic E-state index is 10.8. The molecule has 1 heteroatoms. The molecule has 1 saturated carbocycles. The third kappa shape index (κ3) is 6.62. The van der Waals surface area contributed by atoms with Crippen LogP contribution in [0.25, 0.3) is 11.1 Å². The fourth-order valence-electron chi connectivity index (χ4n) is 5.26. The second-order valence-electron chi connectivity index (χ2n) is 9.31. The molecule has 0 saturated heterocycles. The molecule has 1 nitrogen and oxygen atoms in total. The van der Waals surface area contributed by atoms with Crippen LogP contribution in [0.15, 0.2) is 42.5 Å². The summed E-state index contributed by atoms with van der Waals surface area (Å²) in [4.78, 5) is 0. The van der Waals surface area contributed by atoms with E-state index in [9.17, 15) is 5.11 Å². The summed E-state index contributed by atoms with van der Waals surface area (Å²) in [6.07, 6.45) is 20.0. The summed E-state index contributed by atoms with van der Waals surface area (Å²) in [6.45, 7) is 2.29. The number of phenolic OH excluding ortho intramolecular Hbond substituents is 1. The molecule has 1 aliphatic carbocycles. The van der Waals surface area contributed by atoms with Gasteiger partial charge in [0, 0.05) is 5.56 Å². The summed E-state index contributed by atoms with van der Waals surface area (Å²) in [5.74, 6) is 1.06. The predicted molar refractivity (Wildman–Crippen MR) is 130 cm³/mol. The van der Waals surface area contributed by atoms with Crippen LogP contribution in [0.4, 0.5) is 0 Å². The maximum atomic E-state index is 10.8. The van der Waals surface area contributed by atoms with E-state index in [0.717, 1.165) is 12.0 Å². The lowest BCUT2D eigenvalue weighted by molar-refractivity contribution is 0.437. The zero-order valence-corrected chi connectivity index (χ0v) is 19.2. The van der Waals surface area contributed by atoms with Crippen LogP contribution in [-0.4, -0.2) is 5.11 Å². The Morgan fingerprint density at radius 1 is 0.733 bits per heavy atom. The van der Waals surface area contributed by atoms with Crippen LogP contribution in [0.3, 0.4) is 0 Å². The van der Waals surface area contributed by atoms with Gasteiger partial charge in [-0.05, 0) is 54.4 Å². The Morgan fingerprint density at radius 3 is 2.03 bits per heavy atom. The van der Waals surface area contributed by atoms with E-state index in [1.165, 1.54) is 107 Å². The minimum Gasteiger partial charge on any atom is -0.507 e. The molecule has 0 atom stereocenters. The number of rotatable bonds is 12. The van der Waals surface area contributed by atoms with Gasteiger partial charge in [-0.25, -0.2) is 0 Å². The standard InChI is InChI=1S/C29H42O/c1-2-3-4-5-6-7-8-9-12-21-26-22-23-27(30)29(25-19-15-11-16-20-25)28(26)24-17-13-10-14-18-24/h11,15-16,19-20,22-24,30H,2-10,12-14,17-18,21H2,1H3. The van der Waals surface area contributed by atoms with Gasteiger partial charge in [0.1, 0.15) is 5.75 Å². The highest BCUT2D eigenvalue weighted by atomic mass is 16.3. The van der Waals surface area contributed by atoms with Gasteiger partial charge in [0.05, 0.1) is 0 Å². The van der Waals surface area contributed by atoms with Gasteiger partial charge in [-0.1, -0.05) is 114 Å². The summed E-state index contributed by atoms with van der Waals surface area (Å²) in [6, 6.07) is 14.7. The van der Waals surface area contributed by atoms with Crippen molar-refractivity contribution in [3.63, 3.8) is 0 Å². The van der Waals surface area contributed by atoms with Gasteiger partial charge < -0.3 is 5.11 Å². The van der Waals surface area contributed by atoms with Crippen LogP contribution in [0.1, 0.15) is 114 Å². The number of hydrogen-bond donors (Lipinski definition) is 1. The molecule has 0 amide bonds. The van der Waals surface area contributed by atoms with E-state index in [0.29, 0.717) is 11.7 Å². The van der Waals surface area contributed by atoms with Gasteiger partial charge in [0.15, 0.2) is 0 Å². The van der Waals surface area contributed by atoms with Crippen molar-refractivity contribution in [3.8, 4) is 16.9 Å². The largest absolute Gasteiger partial charge is 0.507 e. The van der Waals surface area contributed by atoms with Gasteiger partial charge in [-0.15, -0.1) is 0 Å². The molecule has 1 fully saturated rings. The smallest absolute Gasteiger partial charge is 0.123 e. The highest BCUT2D eigenvalue weighted by Gasteiger charge is 2.24. The first kappa shape index (κ1) is 22.9. The van der Waals surface area contributed by atoms with E-state index in [1.54, 1.807) is 0 Å². The summed E-state index contributed by atoms with van der Waals surface area (Å²) in [7, 11) is 0. The van der Waals surface area contributed by atoms with Crippen molar-refractivity contribution in [1.29, 1.82) is 0 Å². The SMILES string of the molecule is CCCCCCCCCCCc1ccc(O)c(-c2ccccc2)c1C1CCCCC1. The van der Waals surface area contributed by atoms with Crippen LogP contribution >= 0.6 is 0 Å². The molecule has 3 rings (SSSR count). The van der Waals surface area contributed by atoms with Gasteiger partial charge in [0.25, 0.3) is 0 Å². The molecular weight excluding hydrogens is 364 g/mol. The van der Waals surface area contributed by atoms with Gasteiger partial charge in [-0.3, -0.25) is 0 Å². The Labute approximate surface area is 184 Å². The molecule has 1 aliphatic rings. The molecule has 1 N–H and O–H groups in total. The molecule has 2 aromatic carbocycles. The Hall–Kier alpha value is -1.76. The Morgan fingerprint density at radius 2 is 1.37 bits per heavy atom. The molecule has 0 aliphatic heterocycles. The number of benzene rings is 2. The monoisotopic (exact) mass is 406 g/mol. The van der Waals surface area contributed by atoms with Crippen LogP contribution in [0.2, 0.25) is 0 Å². The molecule has 30 heavy (non-hydrogen) atoms. The highest BCUT2D eigenvalue weighted by Crippen LogP contribution is 2.44. The number of aryl methyl sites for hydroxylation is 1. The summed E-state index contributed by atoms with van der Waals surface area (Å²) in [5, 5.41) is 10.8. The highest BCUT2D eigenvalue weighted by molar-refractivity contribution is 5.75. The van der Waals surface area contributed by atoms with Crippen molar-refractivity contribution in [2.45, 2.75) is 109 Å². The number of unbranched alkanes of at least 4 members (excludes halogenated alkanes) is 8. The van der Waals surface area contributed by atoms with E-state index < -0.39 is 0 Å². The van der Waals surface area contributed by atoms with Gasteiger partial charge in [0.2, 0.25) is 0 Å². The second-order valence-corrected chi connectivity index (χ2v) is 9.31. The fraction of sp³-hybridized carbons (Fsp3) is 0.586. The zero-order valence-electron chi connectivity index (χ0n) is 19.2. The van der Waals surface area contributed by atoms with Crippen LogP contribution < -0.4 is 0 Å². The average Bonchev–Trinajstić information content (AvgIpc) is 2.79. The lowest BCUT2D eigenvalue weighted by Crippen LogP contribution is -2.09. The predicted octanol–water partition coefficient (Wildman–Crippen LogP) is 9.18. The lowest BCUT2D eigenvalue weighted by atomic mass is 9.77. The molecule has 0 spiro atoms. The molecule has 0 bridgehead atoms. The number of phenols is 1. The normalized spacial score (nSPS) is 14.8. The van der Waals surface area contributed by atoms with Crippen molar-refractivity contribution >= 4 is 0 Å². The summed E-state index contributed by atoms with van der Waals surface area (Å²) >= 11 is 0. The van der Waals surface area contributed by atoms with E-state index >= 15 is 0 Å². The number of aromatic hydroxyl groups is 1. The van der Waals surface area contributed by atoms with E-state index in [2.05, 4.69) is 43.3 Å². The second kappa shape index (κ2) is 12.8.